The summed E-state index contributed by atoms with van der Waals surface area (Å²) in [6.45, 7) is 0.443. The molecule has 0 amide bonds. The van der Waals surface area contributed by atoms with Gasteiger partial charge >= 0.3 is 0 Å². The fourth-order valence-electron chi connectivity index (χ4n) is 2.30. The Bertz CT molecular complexity index is 774. The molecule has 3 aromatic rings. The van der Waals surface area contributed by atoms with Gasteiger partial charge in [-0.1, -0.05) is 60.3 Å². The number of hydrogen-bond donors (Lipinski definition) is 0. The lowest BCUT2D eigenvalue weighted by atomic mass is 10.2. The van der Waals surface area contributed by atoms with Crippen LogP contribution >= 0.6 is 11.8 Å². The van der Waals surface area contributed by atoms with Crippen LogP contribution in [0.4, 0.5) is 4.39 Å². The molecule has 0 aliphatic carbocycles. The molecule has 1 aromatic heterocycles. The van der Waals surface area contributed by atoms with Gasteiger partial charge in [-0.05, 0) is 6.07 Å². The maximum absolute atomic E-state index is 13.9. The Balaban J connectivity index is 1.94. The van der Waals surface area contributed by atoms with Crippen molar-refractivity contribution in [1.29, 1.82) is 0 Å². The molecule has 0 N–H and O–H groups in total. The molecule has 0 unspecified atom stereocenters. The van der Waals surface area contributed by atoms with Gasteiger partial charge in [0.05, 0.1) is 18.2 Å². The van der Waals surface area contributed by atoms with Crippen LogP contribution in [0.3, 0.4) is 0 Å². The molecule has 0 atom stereocenters. The van der Waals surface area contributed by atoms with Crippen LogP contribution in [0.15, 0.2) is 66.0 Å². The number of imidazole rings is 1. The van der Waals surface area contributed by atoms with Gasteiger partial charge in [-0.3, -0.25) is 0 Å². The fourth-order valence-corrected chi connectivity index (χ4v) is 2.97. The first-order chi connectivity index (χ1) is 11.3. The van der Waals surface area contributed by atoms with Crippen LogP contribution in [-0.4, -0.2) is 22.6 Å². The number of thioether (sulfide) groups is 1. The molecule has 5 heteroatoms. The highest BCUT2D eigenvalue weighted by Gasteiger charge is 2.12. The average Bonchev–Trinajstić information content (AvgIpc) is 2.99. The Hall–Kier alpha value is -2.11. The molecule has 3 rings (SSSR count). The highest BCUT2D eigenvalue weighted by molar-refractivity contribution is 7.99. The molecule has 0 saturated heterocycles. The molecule has 0 radical (unpaired) electrons. The zero-order valence-corrected chi connectivity index (χ0v) is 13.6. The molecule has 118 valence electrons. The SMILES string of the molecule is COCSc1nc(-c2ccccc2)cn1Cc1ccccc1F. The van der Waals surface area contributed by atoms with E-state index in [-0.39, 0.29) is 5.82 Å². The minimum Gasteiger partial charge on any atom is -0.374 e. The predicted molar refractivity (Wildman–Crippen MR) is 90.9 cm³/mol. The Morgan fingerprint density at radius 2 is 1.83 bits per heavy atom. The molecule has 23 heavy (non-hydrogen) atoms. The second-order valence-electron chi connectivity index (χ2n) is 5.04. The number of benzene rings is 2. The summed E-state index contributed by atoms with van der Waals surface area (Å²) in [5, 5.41) is 0.814. The van der Waals surface area contributed by atoms with Crippen molar-refractivity contribution in [1.82, 2.24) is 9.55 Å². The number of ether oxygens (including phenoxy) is 1. The van der Waals surface area contributed by atoms with Gasteiger partial charge in [0.1, 0.15) is 5.82 Å². The first-order valence-corrected chi connectivity index (χ1v) is 8.24. The second-order valence-corrected chi connectivity index (χ2v) is 5.93. The molecular weight excluding hydrogens is 311 g/mol. The van der Waals surface area contributed by atoms with Crippen LogP contribution in [0.2, 0.25) is 0 Å². The van der Waals surface area contributed by atoms with Gasteiger partial charge in [0.15, 0.2) is 5.16 Å². The first-order valence-electron chi connectivity index (χ1n) is 7.25. The third-order valence-electron chi connectivity index (χ3n) is 3.41. The molecule has 0 spiro atoms. The van der Waals surface area contributed by atoms with Gasteiger partial charge in [0.2, 0.25) is 0 Å². The van der Waals surface area contributed by atoms with Crippen molar-refractivity contribution in [2.45, 2.75) is 11.7 Å². The van der Waals surface area contributed by atoms with Crippen LogP contribution in [0.5, 0.6) is 0 Å². The van der Waals surface area contributed by atoms with E-state index in [2.05, 4.69) is 4.98 Å². The fraction of sp³-hybridized carbons (Fsp3) is 0.167. The molecular formula is C18H17FN2OS. The Morgan fingerprint density at radius 1 is 1.09 bits per heavy atom. The zero-order valence-electron chi connectivity index (χ0n) is 12.8. The summed E-state index contributed by atoms with van der Waals surface area (Å²) in [6, 6.07) is 16.8. The van der Waals surface area contributed by atoms with Gasteiger partial charge in [0, 0.05) is 24.4 Å². The monoisotopic (exact) mass is 328 g/mol. The van der Waals surface area contributed by atoms with Gasteiger partial charge in [-0.15, -0.1) is 0 Å². The maximum atomic E-state index is 13.9. The van der Waals surface area contributed by atoms with Crippen molar-refractivity contribution in [3.8, 4) is 11.3 Å². The van der Waals surface area contributed by atoms with Crippen molar-refractivity contribution in [2.75, 3.05) is 13.0 Å². The number of rotatable bonds is 6. The average molecular weight is 328 g/mol. The molecule has 3 nitrogen and oxygen atoms in total. The van der Waals surface area contributed by atoms with Crippen LogP contribution in [0.25, 0.3) is 11.3 Å². The van der Waals surface area contributed by atoms with Crippen LogP contribution in [0.1, 0.15) is 5.56 Å². The van der Waals surface area contributed by atoms with Crippen molar-refractivity contribution in [3.05, 3.63) is 72.2 Å². The number of aromatic nitrogens is 2. The summed E-state index contributed by atoms with van der Waals surface area (Å²) in [5.74, 6) is 0.299. The predicted octanol–water partition coefficient (Wildman–Crippen LogP) is 4.43. The standard InChI is InChI=1S/C18H17FN2OS/c1-22-13-23-18-20-17(14-7-3-2-4-8-14)12-21(18)11-15-9-5-6-10-16(15)19/h2-10,12H,11,13H2,1H3. The quantitative estimate of drug-likeness (QED) is 0.495. The van der Waals surface area contributed by atoms with E-state index in [1.165, 1.54) is 17.8 Å². The summed E-state index contributed by atoms with van der Waals surface area (Å²) in [5.41, 5.74) is 2.56. The van der Waals surface area contributed by atoms with E-state index in [0.717, 1.165) is 16.4 Å². The molecule has 2 aromatic carbocycles. The summed E-state index contributed by atoms with van der Waals surface area (Å²) in [7, 11) is 1.65. The maximum Gasteiger partial charge on any atom is 0.171 e. The molecule has 0 aliphatic heterocycles. The molecule has 0 fully saturated rings. The number of nitrogens with zero attached hydrogens (tertiary/aromatic N) is 2. The third kappa shape index (κ3) is 3.81. The van der Waals surface area contributed by atoms with E-state index in [0.29, 0.717) is 18.0 Å². The van der Waals surface area contributed by atoms with E-state index < -0.39 is 0 Å². The molecule has 1 heterocycles. The Kier molecular flexibility index (Phi) is 5.10. The number of hydrogen-bond acceptors (Lipinski definition) is 3. The van der Waals surface area contributed by atoms with Crippen molar-refractivity contribution in [2.24, 2.45) is 0 Å². The second kappa shape index (κ2) is 7.44. The van der Waals surface area contributed by atoms with Crippen molar-refractivity contribution in [3.63, 3.8) is 0 Å². The molecule has 0 saturated carbocycles. The van der Waals surface area contributed by atoms with Gasteiger partial charge in [0.25, 0.3) is 0 Å². The van der Waals surface area contributed by atoms with Crippen LogP contribution in [0, 0.1) is 5.82 Å². The van der Waals surface area contributed by atoms with Crippen LogP contribution in [-0.2, 0) is 11.3 Å². The summed E-state index contributed by atoms with van der Waals surface area (Å²) in [4.78, 5) is 4.67. The largest absolute Gasteiger partial charge is 0.374 e. The number of methoxy groups -OCH3 is 1. The van der Waals surface area contributed by atoms with Crippen molar-refractivity contribution >= 4 is 11.8 Å². The van der Waals surface area contributed by atoms with E-state index >= 15 is 0 Å². The van der Waals surface area contributed by atoms with Gasteiger partial charge in [-0.25, -0.2) is 9.37 Å². The lowest BCUT2D eigenvalue weighted by Gasteiger charge is -2.07. The Morgan fingerprint density at radius 3 is 2.57 bits per heavy atom. The van der Waals surface area contributed by atoms with E-state index in [4.69, 9.17) is 4.74 Å². The first kappa shape index (κ1) is 15.8. The Labute approximate surface area is 139 Å². The lowest BCUT2D eigenvalue weighted by Crippen LogP contribution is -2.02. The smallest absolute Gasteiger partial charge is 0.171 e. The van der Waals surface area contributed by atoms with E-state index in [1.54, 1.807) is 19.2 Å². The minimum atomic E-state index is -0.204. The lowest BCUT2D eigenvalue weighted by molar-refractivity contribution is 0.258. The summed E-state index contributed by atoms with van der Waals surface area (Å²) >= 11 is 1.49. The normalized spacial score (nSPS) is 10.9. The summed E-state index contributed by atoms with van der Waals surface area (Å²) in [6.07, 6.45) is 1.96. The molecule has 0 aliphatic rings. The minimum absolute atomic E-state index is 0.204. The highest BCUT2D eigenvalue weighted by Crippen LogP contribution is 2.25. The highest BCUT2D eigenvalue weighted by atomic mass is 32.2. The third-order valence-corrected chi connectivity index (χ3v) is 4.35. The summed E-state index contributed by atoms with van der Waals surface area (Å²) < 4.78 is 21.0. The van der Waals surface area contributed by atoms with Gasteiger partial charge in [-0.2, -0.15) is 0 Å². The number of halogens is 1. The van der Waals surface area contributed by atoms with Crippen LogP contribution < -0.4 is 0 Å². The topological polar surface area (TPSA) is 27.1 Å². The van der Waals surface area contributed by atoms with Crippen molar-refractivity contribution < 1.29 is 9.13 Å². The van der Waals surface area contributed by atoms with E-state index in [1.807, 2.05) is 47.2 Å². The van der Waals surface area contributed by atoms with Gasteiger partial charge < -0.3 is 9.30 Å². The molecule has 0 bridgehead atoms. The van der Waals surface area contributed by atoms with E-state index in [9.17, 15) is 4.39 Å². The zero-order chi connectivity index (χ0) is 16.1.